The molecule has 0 aromatic carbocycles. The maximum atomic E-state index is 11.8. The molecule has 1 saturated carbocycles. The van der Waals surface area contributed by atoms with Crippen LogP contribution in [0.1, 0.15) is 52.4 Å². The van der Waals surface area contributed by atoms with E-state index in [2.05, 4.69) is 5.32 Å². The van der Waals surface area contributed by atoms with E-state index in [1.54, 1.807) is 0 Å². The number of carbonyl (C=O) groups is 1. The highest BCUT2D eigenvalue weighted by molar-refractivity contribution is 5.80. The molecule has 17 heavy (non-hydrogen) atoms. The quantitative estimate of drug-likeness (QED) is 0.743. The number of rotatable bonds is 6. The molecule has 3 N–H and O–H groups in total. The monoisotopic (exact) mass is 242 g/mol. The van der Waals surface area contributed by atoms with Gasteiger partial charge in [-0.3, -0.25) is 4.79 Å². The predicted octanol–water partition coefficient (Wildman–Crippen LogP) is 1.58. The number of nitrogens with two attached hydrogens (primary N) is 1. The minimum absolute atomic E-state index is 0.0229. The number of hydrogen-bond acceptors (Lipinski definition) is 3. The third-order valence-corrected chi connectivity index (χ3v) is 3.48. The van der Waals surface area contributed by atoms with Crippen molar-refractivity contribution in [2.75, 3.05) is 13.1 Å². The summed E-state index contributed by atoms with van der Waals surface area (Å²) in [6, 6.07) is 0. The molecular formula is C13H26N2O2. The van der Waals surface area contributed by atoms with Gasteiger partial charge in [-0.15, -0.1) is 0 Å². The molecule has 1 amide bonds. The Morgan fingerprint density at radius 1 is 1.41 bits per heavy atom. The maximum absolute atomic E-state index is 11.8. The Bertz CT molecular complexity index is 238. The van der Waals surface area contributed by atoms with Gasteiger partial charge in [0.1, 0.15) is 6.10 Å². The zero-order valence-corrected chi connectivity index (χ0v) is 11.1. The predicted molar refractivity (Wildman–Crippen MR) is 68.7 cm³/mol. The lowest BCUT2D eigenvalue weighted by atomic mass is 9.84. The minimum Gasteiger partial charge on any atom is -0.361 e. The Balaban J connectivity index is 2.46. The van der Waals surface area contributed by atoms with Gasteiger partial charge in [0.15, 0.2) is 0 Å². The Morgan fingerprint density at radius 3 is 2.59 bits per heavy atom. The summed E-state index contributed by atoms with van der Waals surface area (Å²) in [5.74, 6) is -0.0229. The van der Waals surface area contributed by atoms with Crippen molar-refractivity contribution >= 4 is 5.91 Å². The first-order chi connectivity index (χ1) is 8.13. The Morgan fingerprint density at radius 2 is 2.06 bits per heavy atom. The first-order valence-corrected chi connectivity index (χ1v) is 6.79. The van der Waals surface area contributed by atoms with E-state index < -0.39 is 6.10 Å². The van der Waals surface area contributed by atoms with Crippen LogP contribution < -0.4 is 11.1 Å². The van der Waals surface area contributed by atoms with Gasteiger partial charge in [-0.25, -0.2) is 0 Å². The first-order valence-electron chi connectivity index (χ1n) is 6.79. The lowest BCUT2D eigenvalue weighted by molar-refractivity contribution is -0.148. The van der Waals surface area contributed by atoms with Gasteiger partial charge < -0.3 is 15.8 Å². The van der Waals surface area contributed by atoms with E-state index in [1.165, 1.54) is 6.42 Å². The number of nitrogens with one attached hydrogen (secondary N) is 1. The second-order valence-electron chi connectivity index (χ2n) is 5.00. The van der Waals surface area contributed by atoms with Gasteiger partial charge in [0.25, 0.3) is 0 Å². The number of carbonyl (C=O) groups excluding carboxylic acids is 1. The molecule has 0 aliphatic heterocycles. The average Bonchev–Trinajstić information content (AvgIpc) is 2.36. The Hall–Kier alpha value is -0.610. The summed E-state index contributed by atoms with van der Waals surface area (Å²) in [4.78, 5) is 11.8. The molecular weight excluding hydrogens is 216 g/mol. The van der Waals surface area contributed by atoms with Gasteiger partial charge >= 0.3 is 0 Å². The van der Waals surface area contributed by atoms with Gasteiger partial charge in [-0.1, -0.05) is 26.2 Å². The summed E-state index contributed by atoms with van der Waals surface area (Å²) in [5.41, 5.74) is 5.57. The van der Waals surface area contributed by atoms with E-state index in [9.17, 15) is 4.79 Å². The first kappa shape index (κ1) is 14.5. The summed E-state index contributed by atoms with van der Waals surface area (Å²) in [5, 5.41) is 2.86. The zero-order valence-electron chi connectivity index (χ0n) is 11.1. The van der Waals surface area contributed by atoms with Crippen LogP contribution in [0.5, 0.6) is 0 Å². The summed E-state index contributed by atoms with van der Waals surface area (Å²) in [7, 11) is 0. The second kappa shape index (κ2) is 6.97. The summed E-state index contributed by atoms with van der Waals surface area (Å²) in [6.07, 6.45) is 6.07. The number of hydrogen-bond donors (Lipinski definition) is 2. The van der Waals surface area contributed by atoms with Crippen molar-refractivity contribution < 1.29 is 9.53 Å². The molecule has 0 saturated heterocycles. The highest BCUT2D eigenvalue weighted by Gasteiger charge is 2.34. The van der Waals surface area contributed by atoms with E-state index in [-0.39, 0.29) is 11.5 Å². The molecule has 4 nitrogen and oxygen atoms in total. The van der Waals surface area contributed by atoms with Crippen LogP contribution in [-0.4, -0.2) is 30.7 Å². The largest absolute Gasteiger partial charge is 0.361 e. The molecule has 0 bridgehead atoms. The third kappa shape index (κ3) is 4.28. The van der Waals surface area contributed by atoms with Gasteiger partial charge in [0, 0.05) is 13.1 Å². The SMILES string of the molecule is CCCNC(=O)C(C)OC1(CN)CCCCC1. The van der Waals surface area contributed by atoms with Crippen LogP contribution in [0.15, 0.2) is 0 Å². The normalized spacial score (nSPS) is 20.9. The molecule has 0 spiro atoms. The lowest BCUT2D eigenvalue weighted by Gasteiger charge is -2.38. The summed E-state index contributed by atoms with van der Waals surface area (Å²) in [6.45, 7) is 5.08. The highest BCUT2D eigenvalue weighted by Crippen LogP contribution is 2.31. The van der Waals surface area contributed by atoms with Crippen LogP contribution in [0, 0.1) is 0 Å². The summed E-state index contributed by atoms with van der Waals surface area (Å²) < 4.78 is 5.95. The van der Waals surface area contributed by atoms with E-state index >= 15 is 0 Å². The standard InChI is InChI=1S/C13H26N2O2/c1-3-9-15-12(16)11(2)17-13(10-14)7-5-4-6-8-13/h11H,3-10,14H2,1-2H3,(H,15,16). The van der Waals surface area contributed by atoms with Crippen LogP contribution in [0.4, 0.5) is 0 Å². The fourth-order valence-corrected chi connectivity index (χ4v) is 2.39. The number of ether oxygens (including phenoxy) is 1. The number of amides is 1. The van der Waals surface area contributed by atoms with Gasteiger partial charge in [-0.2, -0.15) is 0 Å². The van der Waals surface area contributed by atoms with Crippen LogP contribution in [0.25, 0.3) is 0 Å². The molecule has 1 rings (SSSR count). The van der Waals surface area contributed by atoms with Crippen molar-refractivity contribution in [1.82, 2.24) is 5.32 Å². The average molecular weight is 242 g/mol. The van der Waals surface area contributed by atoms with Gasteiger partial charge in [-0.05, 0) is 26.2 Å². The van der Waals surface area contributed by atoms with E-state index in [0.717, 1.165) is 32.1 Å². The molecule has 4 heteroatoms. The molecule has 1 aliphatic carbocycles. The lowest BCUT2D eigenvalue weighted by Crippen LogP contribution is -2.48. The highest BCUT2D eigenvalue weighted by atomic mass is 16.5. The molecule has 0 heterocycles. The van der Waals surface area contributed by atoms with Crippen molar-refractivity contribution in [3.63, 3.8) is 0 Å². The smallest absolute Gasteiger partial charge is 0.248 e. The molecule has 0 aromatic heterocycles. The molecule has 1 atom stereocenters. The van der Waals surface area contributed by atoms with Crippen LogP contribution in [-0.2, 0) is 9.53 Å². The van der Waals surface area contributed by atoms with Crippen LogP contribution in [0.3, 0.4) is 0 Å². The van der Waals surface area contributed by atoms with Crippen molar-refractivity contribution in [3.05, 3.63) is 0 Å². The molecule has 0 aromatic rings. The molecule has 0 radical (unpaired) electrons. The van der Waals surface area contributed by atoms with Crippen molar-refractivity contribution in [3.8, 4) is 0 Å². The maximum Gasteiger partial charge on any atom is 0.248 e. The van der Waals surface area contributed by atoms with Crippen molar-refractivity contribution in [2.24, 2.45) is 5.73 Å². The van der Waals surface area contributed by atoms with Crippen LogP contribution in [0.2, 0.25) is 0 Å². The summed E-state index contributed by atoms with van der Waals surface area (Å²) >= 11 is 0. The van der Waals surface area contributed by atoms with Gasteiger partial charge in [0.2, 0.25) is 5.91 Å². The molecule has 1 unspecified atom stereocenters. The molecule has 1 aliphatic rings. The fraction of sp³-hybridized carbons (Fsp3) is 0.923. The third-order valence-electron chi connectivity index (χ3n) is 3.48. The molecule has 1 fully saturated rings. The molecule has 100 valence electrons. The van der Waals surface area contributed by atoms with E-state index in [0.29, 0.717) is 13.1 Å². The Labute approximate surface area is 104 Å². The van der Waals surface area contributed by atoms with Gasteiger partial charge in [0.05, 0.1) is 5.60 Å². The topological polar surface area (TPSA) is 64.3 Å². The van der Waals surface area contributed by atoms with Crippen LogP contribution >= 0.6 is 0 Å². The van der Waals surface area contributed by atoms with E-state index in [4.69, 9.17) is 10.5 Å². The second-order valence-corrected chi connectivity index (χ2v) is 5.00. The van der Waals surface area contributed by atoms with E-state index in [1.807, 2.05) is 13.8 Å². The Kier molecular flexibility index (Phi) is 5.92. The van der Waals surface area contributed by atoms with Crippen molar-refractivity contribution in [2.45, 2.75) is 64.1 Å². The van der Waals surface area contributed by atoms with Crippen molar-refractivity contribution in [1.29, 1.82) is 0 Å². The fourth-order valence-electron chi connectivity index (χ4n) is 2.39. The minimum atomic E-state index is -0.400. The zero-order chi connectivity index (χ0) is 12.7.